The highest BCUT2D eigenvalue weighted by atomic mass is 19.4. The van der Waals surface area contributed by atoms with Crippen LogP contribution in [0.1, 0.15) is 27.7 Å². The van der Waals surface area contributed by atoms with E-state index in [9.17, 15) is 18.0 Å². The SMILES string of the molecule is COCCn1cc2c(n1)C(CNC(=O)c1ccnnc1)OCC2.O=C(O)C(F)(F)F. The third-order valence-corrected chi connectivity index (χ3v) is 3.93. The Morgan fingerprint density at radius 3 is 2.73 bits per heavy atom. The van der Waals surface area contributed by atoms with Crippen molar-refractivity contribution in [2.45, 2.75) is 25.2 Å². The molecule has 3 heterocycles. The van der Waals surface area contributed by atoms with Crippen molar-refractivity contribution in [1.82, 2.24) is 25.3 Å². The first-order valence-electron chi connectivity index (χ1n) is 8.74. The van der Waals surface area contributed by atoms with Crippen LogP contribution in [-0.2, 0) is 27.2 Å². The highest BCUT2D eigenvalue weighted by Gasteiger charge is 2.38. The fourth-order valence-corrected chi connectivity index (χ4v) is 2.50. The molecule has 0 aliphatic carbocycles. The number of rotatable bonds is 6. The second-order valence-electron chi connectivity index (χ2n) is 6.05. The number of amides is 1. The average Bonchev–Trinajstić information content (AvgIpc) is 3.14. The molecule has 10 nitrogen and oxygen atoms in total. The van der Waals surface area contributed by atoms with Gasteiger partial charge in [-0.3, -0.25) is 9.48 Å². The summed E-state index contributed by atoms with van der Waals surface area (Å²) in [5.74, 6) is -2.96. The predicted octanol–water partition coefficient (Wildman–Crippen LogP) is 0.997. The predicted molar refractivity (Wildman–Crippen MR) is 94.6 cm³/mol. The van der Waals surface area contributed by atoms with Gasteiger partial charge in [-0.1, -0.05) is 0 Å². The normalized spacial score (nSPS) is 15.5. The first kappa shape index (κ1) is 23.2. The molecule has 1 atom stereocenters. The molecule has 1 amide bonds. The fourth-order valence-electron chi connectivity index (χ4n) is 2.50. The summed E-state index contributed by atoms with van der Waals surface area (Å²) in [5, 5.41) is 21.9. The number of carbonyl (C=O) groups excluding carboxylic acids is 1. The maximum atomic E-state index is 12.1. The van der Waals surface area contributed by atoms with Crippen LogP contribution in [0, 0.1) is 0 Å². The van der Waals surface area contributed by atoms with Crippen LogP contribution < -0.4 is 5.32 Å². The van der Waals surface area contributed by atoms with Gasteiger partial charge in [0.1, 0.15) is 6.10 Å². The van der Waals surface area contributed by atoms with E-state index in [1.807, 2.05) is 10.9 Å². The molecule has 0 bridgehead atoms. The van der Waals surface area contributed by atoms with Crippen LogP contribution in [0.15, 0.2) is 24.7 Å². The summed E-state index contributed by atoms with van der Waals surface area (Å²) in [5.41, 5.74) is 2.53. The Bertz CT molecular complexity index is 844. The van der Waals surface area contributed by atoms with Crippen molar-refractivity contribution < 1.29 is 37.3 Å². The zero-order valence-corrected chi connectivity index (χ0v) is 15.9. The van der Waals surface area contributed by atoms with Gasteiger partial charge >= 0.3 is 12.1 Å². The Balaban J connectivity index is 0.000000396. The van der Waals surface area contributed by atoms with Crippen molar-refractivity contribution in [2.75, 3.05) is 26.9 Å². The summed E-state index contributed by atoms with van der Waals surface area (Å²) in [6.07, 6.45) is 0.463. The maximum absolute atomic E-state index is 12.1. The Morgan fingerprint density at radius 1 is 1.40 bits per heavy atom. The van der Waals surface area contributed by atoms with Gasteiger partial charge in [-0.05, 0) is 18.1 Å². The molecule has 2 aromatic rings. The van der Waals surface area contributed by atoms with Gasteiger partial charge in [0.15, 0.2) is 0 Å². The number of alkyl halides is 3. The number of ether oxygens (including phenoxy) is 2. The number of hydrogen-bond acceptors (Lipinski definition) is 7. The third kappa shape index (κ3) is 6.77. The van der Waals surface area contributed by atoms with E-state index in [0.717, 1.165) is 17.7 Å². The number of nitrogens with one attached hydrogen (secondary N) is 1. The van der Waals surface area contributed by atoms with Crippen LogP contribution in [0.25, 0.3) is 0 Å². The number of aromatic nitrogens is 4. The van der Waals surface area contributed by atoms with Gasteiger partial charge in [-0.15, -0.1) is 0 Å². The van der Waals surface area contributed by atoms with E-state index in [4.69, 9.17) is 19.4 Å². The summed E-state index contributed by atoms with van der Waals surface area (Å²) < 4.78 is 44.4. The molecular weight excluding hydrogens is 411 g/mol. The lowest BCUT2D eigenvalue weighted by molar-refractivity contribution is -0.192. The Kier molecular flexibility index (Phi) is 8.24. The van der Waals surface area contributed by atoms with Crippen molar-refractivity contribution in [3.63, 3.8) is 0 Å². The highest BCUT2D eigenvalue weighted by Crippen LogP contribution is 2.25. The van der Waals surface area contributed by atoms with Gasteiger partial charge < -0.3 is 19.9 Å². The standard InChI is InChI=1S/C15H19N5O3.C2HF3O2/c1-22-7-5-20-10-12-3-6-23-13(14(12)19-20)9-16-15(21)11-2-4-17-18-8-11;3-2(4,5)1(6)7/h2,4,8,10,13H,3,5-7,9H2,1H3,(H,16,21);(H,6,7). The van der Waals surface area contributed by atoms with Gasteiger partial charge in [0.25, 0.3) is 5.91 Å². The van der Waals surface area contributed by atoms with Crippen molar-refractivity contribution in [3.05, 3.63) is 41.5 Å². The number of fused-ring (bicyclic) bond motifs is 1. The topological polar surface area (TPSA) is 128 Å². The molecule has 30 heavy (non-hydrogen) atoms. The molecule has 0 saturated heterocycles. The number of carbonyl (C=O) groups is 2. The lowest BCUT2D eigenvalue weighted by Crippen LogP contribution is -2.32. The minimum absolute atomic E-state index is 0.200. The number of halogens is 3. The molecule has 13 heteroatoms. The number of nitrogens with zero attached hydrogens (tertiary/aromatic N) is 4. The number of hydrogen-bond donors (Lipinski definition) is 2. The van der Waals surface area contributed by atoms with Crippen LogP contribution in [0.3, 0.4) is 0 Å². The van der Waals surface area contributed by atoms with E-state index in [1.165, 1.54) is 12.4 Å². The average molecular weight is 431 g/mol. The Morgan fingerprint density at radius 2 is 2.13 bits per heavy atom. The van der Waals surface area contributed by atoms with Gasteiger partial charge in [-0.25, -0.2) is 4.79 Å². The molecule has 1 unspecified atom stereocenters. The fraction of sp³-hybridized carbons (Fsp3) is 0.471. The smallest absolute Gasteiger partial charge is 0.475 e. The van der Waals surface area contributed by atoms with Crippen LogP contribution >= 0.6 is 0 Å². The number of carboxylic acid groups (broad SMARTS) is 1. The summed E-state index contributed by atoms with van der Waals surface area (Å²) in [7, 11) is 1.67. The molecule has 0 spiro atoms. The largest absolute Gasteiger partial charge is 0.490 e. The van der Waals surface area contributed by atoms with E-state index < -0.39 is 12.1 Å². The van der Waals surface area contributed by atoms with E-state index in [2.05, 4.69) is 20.6 Å². The quantitative estimate of drug-likeness (QED) is 0.693. The molecule has 1 aliphatic rings. The first-order chi connectivity index (χ1) is 14.2. The van der Waals surface area contributed by atoms with Gasteiger partial charge in [0.05, 0.1) is 43.4 Å². The second-order valence-corrected chi connectivity index (χ2v) is 6.05. The summed E-state index contributed by atoms with van der Waals surface area (Å²) in [6, 6.07) is 1.62. The van der Waals surface area contributed by atoms with Crippen molar-refractivity contribution in [1.29, 1.82) is 0 Å². The minimum atomic E-state index is -5.08. The number of aliphatic carboxylic acids is 1. The molecule has 2 N–H and O–H groups in total. The van der Waals surface area contributed by atoms with Crippen LogP contribution in [0.4, 0.5) is 13.2 Å². The summed E-state index contributed by atoms with van der Waals surface area (Å²) in [6.45, 7) is 2.30. The molecular formula is C17H20F3N5O5. The molecule has 0 aromatic carbocycles. The van der Waals surface area contributed by atoms with E-state index in [-0.39, 0.29) is 12.0 Å². The molecule has 0 radical (unpaired) electrons. The third-order valence-electron chi connectivity index (χ3n) is 3.93. The van der Waals surface area contributed by atoms with E-state index in [1.54, 1.807) is 13.2 Å². The molecule has 164 valence electrons. The monoisotopic (exact) mass is 431 g/mol. The first-order valence-corrected chi connectivity index (χ1v) is 8.74. The van der Waals surface area contributed by atoms with Gasteiger partial charge in [0.2, 0.25) is 0 Å². The minimum Gasteiger partial charge on any atom is -0.475 e. The van der Waals surface area contributed by atoms with Crippen LogP contribution in [-0.4, -0.2) is 70.0 Å². The van der Waals surface area contributed by atoms with Crippen molar-refractivity contribution in [3.8, 4) is 0 Å². The Labute approximate surface area is 169 Å². The molecule has 3 rings (SSSR count). The van der Waals surface area contributed by atoms with Crippen LogP contribution in [0.5, 0.6) is 0 Å². The zero-order valence-electron chi connectivity index (χ0n) is 15.9. The van der Waals surface area contributed by atoms with E-state index in [0.29, 0.717) is 31.9 Å². The van der Waals surface area contributed by atoms with Crippen molar-refractivity contribution in [2.24, 2.45) is 0 Å². The van der Waals surface area contributed by atoms with Crippen LogP contribution in [0.2, 0.25) is 0 Å². The second kappa shape index (κ2) is 10.6. The van der Waals surface area contributed by atoms with Gasteiger partial charge in [0, 0.05) is 19.9 Å². The molecule has 2 aromatic heterocycles. The highest BCUT2D eigenvalue weighted by molar-refractivity contribution is 5.93. The Hall–Kier alpha value is -3.06. The zero-order chi connectivity index (χ0) is 22.1. The van der Waals surface area contributed by atoms with Crippen molar-refractivity contribution >= 4 is 11.9 Å². The lowest BCUT2D eigenvalue weighted by Gasteiger charge is -2.22. The number of carboxylic acids is 1. The number of methoxy groups -OCH3 is 1. The molecule has 1 aliphatic heterocycles. The van der Waals surface area contributed by atoms with E-state index >= 15 is 0 Å². The molecule has 0 fully saturated rings. The molecule has 0 saturated carbocycles. The summed E-state index contributed by atoms with van der Waals surface area (Å²) >= 11 is 0. The summed E-state index contributed by atoms with van der Waals surface area (Å²) in [4.78, 5) is 21.0. The van der Waals surface area contributed by atoms with Gasteiger partial charge in [-0.2, -0.15) is 28.5 Å². The maximum Gasteiger partial charge on any atom is 0.490 e. The lowest BCUT2D eigenvalue weighted by atomic mass is 10.1.